The van der Waals surface area contributed by atoms with Crippen LogP contribution in [0.5, 0.6) is 0 Å². The Morgan fingerprint density at radius 2 is 1.95 bits per heavy atom. The highest BCUT2D eigenvalue weighted by atomic mass is 32.2. The molecule has 0 aromatic heterocycles. The molecular weight excluding hydrogens is 315 g/mol. The molecule has 1 aliphatic heterocycles. The topological polar surface area (TPSA) is 26.0 Å². The third kappa shape index (κ3) is 3.90. The lowest BCUT2D eigenvalue weighted by atomic mass is 9.95. The summed E-state index contributed by atoms with van der Waals surface area (Å²) in [5.74, 6) is 2.18. The van der Waals surface area contributed by atoms with Crippen molar-refractivity contribution >= 4 is 23.5 Å². The van der Waals surface area contributed by atoms with Crippen LogP contribution in [0.1, 0.15) is 36.1 Å². The first-order valence-corrected chi connectivity index (χ1v) is 9.11. The van der Waals surface area contributed by atoms with E-state index in [1.54, 1.807) is 13.0 Å². The molecule has 2 N–H and O–H groups in total. The fraction of sp³-hybridized carbons (Fsp3) is 0.600. The molecule has 21 heavy (non-hydrogen) atoms. The van der Waals surface area contributed by atoms with Gasteiger partial charge in [-0.15, -0.1) is 0 Å². The van der Waals surface area contributed by atoms with E-state index >= 15 is 0 Å². The lowest BCUT2D eigenvalue weighted by Crippen LogP contribution is -2.36. The predicted molar refractivity (Wildman–Crippen MR) is 85.9 cm³/mol. The highest BCUT2D eigenvalue weighted by Crippen LogP contribution is 2.40. The maximum atomic E-state index is 12.7. The van der Waals surface area contributed by atoms with Crippen LogP contribution in [0.15, 0.2) is 18.2 Å². The van der Waals surface area contributed by atoms with Crippen molar-refractivity contribution in [2.24, 2.45) is 5.73 Å². The van der Waals surface area contributed by atoms with Gasteiger partial charge < -0.3 is 5.73 Å². The van der Waals surface area contributed by atoms with Crippen LogP contribution in [0.25, 0.3) is 0 Å². The molecule has 1 aliphatic rings. The predicted octanol–water partition coefficient (Wildman–Crippen LogP) is 4.64. The second kappa shape index (κ2) is 6.84. The number of hydrogen-bond acceptors (Lipinski definition) is 3. The molecule has 1 fully saturated rings. The smallest absolute Gasteiger partial charge is 0.323 e. The SMILES string of the molecule is CCC1SCCSC1C(N)c1ccc(C(F)(F)F)cc1C. The van der Waals surface area contributed by atoms with Crippen LogP contribution in [-0.4, -0.2) is 22.0 Å². The molecule has 0 radical (unpaired) electrons. The molecule has 0 amide bonds. The van der Waals surface area contributed by atoms with E-state index in [0.717, 1.165) is 29.6 Å². The zero-order valence-corrected chi connectivity index (χ0v) is 13.7. The summed E-state index contributed by atoms with van der Waals surface area (Å²) in [6, 6.07) is 3.69. The van der Waals surface area contributed by atoms with Crippen LogP contribution >= 0.6 is 23.5 Å². The Morgan fingerprint density at radius 3 is 2.52 bits per heavy atom. The Morgan fingerprint density at radius 1 is 1.29 bits per heavy atom. The van der Waals surface area contributed by atoms with Crippen LogP contribution < -0.4 is 5.73 Å². The van der Waals surface area contributed by atoms with Crippen molar-refractivity contribution in [3.63, 3.8) is 0 Å². The first-order chi connectivity index (χ1) is 9.84. The van der Waals surface area contributed by atoms with E-state index in [9.17, 15) is 13.2 Å². The van der Waals surface area contributed by atoms with Gasteiger partial charge in [-0.3, -0.25) is 0 Å². The number of hydrogen-bond donors (Lipinski definition) is 1. The Balaban J connectivity index is 2.24. The van der Waals surface area contributed by atoms with Gasteiger partial charge in [0.1, 0.15) is 0 Å². The van der Waals surface area contributed by atoms with Crippen LogP contribution in [-0.2, 0) is 6.18 Å². The molecule has 2 rings (SSSR count). The molecule has 118 valence electrons. The van der Waals surface area contributed by atoms with Crippen molar-refractivity contribution in [2.45, 2.75) is 43.0 Å². The molecule has 1 saturated heterocycles. The van der Waals surface area contributed by atoms with Crippen molar-refractivity contribution in [3.05, 3.63) is 34.9 Å². The van der Waals surface area contributed by atoms with Crippen molar-refractivity contribution in [3.8, 4) is 0 Å². The Bertz CT molecular complexity index is 490. The van der Waals surface area contributed by atoms with Gasteiger partial charge in [0, 0.05) is 28.0 Å². The van der Waals surface area contributed by atoms with Crippen LogP contribution in [0.2, 0.25) is 0 Å². The van der Waals surface area contributed by atoms with Crippen LogP contribution in [0.4, 0.5) is 13.2 Å². The second-order valence-electron chi connectivity index (χ2n) is 5.25. The molecule has 3 atom stereocenters. The lowest BCUT2D eigenvalue weighted by Gasteiger charge is -2.35. The minimum absolute atomic E-state index is 0.213. The summed E-state index contributed by atoms with van der Waals surface area (Å²) in [6.07, 6.45) is -3.26. The molecule has 3 unspecified atom stereocenters. The standard InChI is InChI=1S/C15H20F3NS2/c1-3-12-14(21-7-6-20-12)13(19)11-5-4-10(8-9(11)2)15(16,17)18/h4-5,8,12-14H,3,6-7,19H2,1-2H3. The van der Waals surface area contributed by atoms with E-state index in [4.69, 9.17) is 5.73 Å². The van der Waals surface area contributed by atoms with Gasteiger partial charge >= 0.3 is 6.18 Å². The quantitative estimate of drug-likeness (QED) is 0.871. The number of aryl methyl sites for hydroxylation is 1. The van der Waals surface area contributed by atoms with Crippen molar-refractivity contribution in [2.75, 3.05) is 11.5 Å². The van der Waals surface area contributed by atoms with Gasteiger partial charge in [-0.05, 0) is 36.6 Å². The van der Waals surface area contributed by atoms with Crippen LogP contribution in [0, 0.1) is 6.92 Å². The first kappa shape index (κ1) is 17.0. The largest absolute Gasteiger partial charge is 0.416 e. The van der Waals surface area contributed by atoms with Crippen molar-refractivity contribution < 1.29 is 13.2 Å². The maximum absolute atomic E-state index is 12.7. The number of benzene rings is 1. The van der Waals surface area contributed by atoms with Gasteiger partial charge in [0.2, 0.25) is 0 Å². The van der Waals surface area contributed by atoms with Gasteiger partial charge in [-0.2, -0.15) is 36.7 Å². The summed E-state index contributed by atoms with van der Waals surface area (Å²) in [6.45, 7) is 3.86. The van der Waals surface area contributed by atoms with E-state index in [2.05, 4.69) is 6.92 Å². The summed E-state index contributed by atoms with van der Waals surface area (Å²) >= 11 is 3.78. The highest BCUT2D eigenvalue weighted by Gasteiger charge is 2.34. The molecule has 0 aliphatic carbocycles. The minimum atomic E-state index is -4.30. The molecule has 0 spiro atoms. The van der Waals surface area contributed by atoms with Crippen molar-refractivity contribution in [1.29, 1.82) is 0 Å². The number of rotatable bonds is 3. The number of alkyl halides is 3. The fourth-order valence-electron chi connectivity index (χ4n) is 2.67. The molecule has 6 heteroatoms. The molecule has 1 nitrogen and oxygen atoms in total. The lowest BCUT2D eigenvalue weighted by molar-refractivity contribution is -0.137. The van der Waals surface area contributed by atoms with E-state index in [-0.39, 0.29) is 11.3 Å². The monoisotopic (exact) mass is 335 g/mol. The fourth-order valence-corrected chi connectivity index (χ4v) is 5.85. The van der Waals surface area contributed by atoms with E-state index < -0.39 is 11.7 Å². The summed E-state index contributed by atoms with van der Waals surface area (Å²) in [5.41, 5.74) is 7.24. The molecule has 1 aromatic rings. The van der Waals surface area contributed by atoms with Gasteiger partial charge in [0.25, 0.3) is 0 Å². The van der Waals surface area contributed by atoms with Gasteiger partial charge in [0.15, 0.2) is 0 Å². The van der Waals surface area contributed by atoms with Gasteiger partial charge in [-0.1, -0.05) is 13.0 Å². The zero-order valence-electron chi connectivity index (χ0n) is 12.1. The molecule has 0 saturated carbocycles. The Hall–Kier alpha value is -0.330. The first-order valence-electron chi connectivity index (χ1n) is 7.01. The van der Waals surface area contributed by atoms with Gasteiger partial charge in [0.05, 0.1) is 5.56 Å². The molecular formula is C15H20F3NS2. The van der Waals surface area contributed by atoms with Crippen LogP contribution in [0.3, 0.4) is 0 Å². The summed E-state index contributed by atoms with van der Waals surface area (Å²) in [4.78, 5) is 0. The average Bonchev–Trinajstić information content (AvgIpc) is 2.45. The molecule has 1 aromatic carbocycles. The third-order valence-electron chi connectivity index (χ3n) is 3.80. The summed E-state index contributed by atoms with van der Waals surface area (Å²) in [5, 5.41) is 0.740. The van der Waals surface area contributed by atoms with Crippen molar-refractivity contribution in [1.82, 2.24) is 0 Å². The summed E-state index contributed by atoms with van der Waals surface area (Å²) in [7, 11) is 0. The highest BCUT2D eigenvalue weighted by molar-refractivity contribution is 8.07. The van der Waals surface area contributed by atoms with Gasteiger partial charge in [-0.25, -0.2) is 0 Å². The number of nitrogens with two attached hydrogens (primary N) is 1. The van der Waals surface area contributed by atoms with E-state index in [1.165, 1.54) is 6.07 Å². The normalized spacial score (nSPS) is 24.9. The zero-order chi connectivity index (χ0) is 15.6. The third-order valence-corrected chi connectivity index (χ3v) is 7.18. The molecule has 1 heterocycles. The molecule has 0 bridgehead atoms. The van der Waals surface area contributed by atoms with E-state index in [0.29, 0.717) is 10.8 Å². The number of thioether (sulfide) groups is 2. The average molecular weight is 335 g/mol. The maximum Gasteiger partial charge on any atom is 0.416 e. The second-order valence-corrected chi connectivity index (χ2v) is 7.88. The van der Waals surface area contributed by atoms with E-state index in [1.807, 2.05) is 23.5 Å². The summed E-state index contributed by atoms with van der Waals surface area (Å²) < 4.78 is 38.2. The number of halogens is 3. The Kier molecular flexibility index (Phi) is 5.54. The Labute approximate surface area is 132 Å². The minimum Gasteiger partial charge on any atom is -0.323 e.